The number of alkyl halides is 3. The minimum absolute atomic E-state index is 0.164. The van der Waals surface area contributed by atoms with Gasteiger partial charge in [-0.2, -0.15) is 13.2 Å². The van der Waals surface area contributed by atoms with Gasteiger partial charge in [-0.25, -0.2) is 0 Å². The Morgan fingerprint density at radius 1 is 1.00 bits per heavy atom. The van der Waals surface area contributed by atoms with Crippen LogP contribution in [0, 0.1) is 0 Å². The minimum atomic E-state index is -4.43. The zero-order valence-electron chi connectivity index (χ0n) is 20.2. The zero-order chi connectivity index (χ0) is 26.4. The number of amides is 2. The van der Waals surface area contributed by atoms with Crippen molar-refractivity contribution >= 4 is 35.3 Å². The van der Waals surface area contributed by atoms with Crippen molar-refractivity contribution in [1.82, 2.24) is 10.2 Å². The van der Waals surface area contributed by atoms with E-state index in [0.717, 1.165) is 23.6 Å². The molecule has 0 aliphatic carbocycles. The van der Waals surface area contributed by atoms with Crippen LogP contribution in [-0.4, -0.2) is 43.4 Å². The maximum atomic E-state index is 13.3. The molecule has 0 fully saturated rings. The van der Waals surface area contributed by atoms with Gasteiger partial charge in [0.2, 0.25) is 5.91 Å². The Bertz CT molecular complexity index is 1280. The summed E-state index contributed by atoms with van der Waals surface area (Å²) in [5.74, 6) is -0.669. The highest BCUT2D eigenvalue weighted by Gasteiger charge is 2.31. The molecule has 1 aliphatic heterocycles. The summed E-state index contributed by atoms with van der Waals surface area (Å²) in [4.78, 5) is 30.7. The van der Waals surface area contributed by atoms with Gasteiger partial charge < -0.3 is 10.2 Å². The van der Waals surface area contributed by atoms with Gasteiger partial charge >= 0.3 is 6.18 Å². The first-order valence-corrected chi connectivity index (χ1v) is 12.5. The van der Waals surface area contributed by atoms with Gasteiger partial charge in [-0.05, 0) is 48.5 Å². The molecule has 4 rings (SSSR count). The second-order valence-corrected chi connectivity index (χ2v) is 9.75. The predicted octanol–water partition coefficient (Wildman–Crippen LogP) is 5.43. The van der Waals surface area contributed by atoms with E-state index in [-0.39, 0.29) is 18.4 Å². The third-order valence-corrected chi connectivity index (χ3v) is 6.86. The maximum Gasteiger partial charge on any atom is 0.416 e. The van der Waals surface area contributed by atoms with E-state index in [4.69, 9.17) is 0 Å². The lowest BCUT2D eigenvalue weighted by atomic mass is 10.1. The number of carbonyl (C=O) groups is 2. The lowest BCUT2D eigenvalue weighted by Gasteiger charge is -2.30. The first-order chi connectivity index (χ1) is 17.7. The van der Waals surface area contributed by atoms with E-state index in [1.54, 1.807) is 18.2 Å². The van der Waals surface area contributed by atoms with Crippen molar-refractivity contribution in [2.45, 2.75) is 17.6 Å². The standard InChI is InChI=1S/C28H26F3N3O2S/c1-33(18-21-7-3-2-4-8-21)16-15-32-26(35)19-34-23-9-5-6-10-24(23)37-25(27(34)36)17-20-11-13-22(14-12-20)28(29,30)31/h2-14,17H,15-16,18-19H2,1H3,(H,32,35). The van der Waals surface area contributed by atoms with E-state index in [1.165, 1.54) is 34.4 Å². The summed E-state index contributed by atoms with van der Waals surface area (Å²) in [7, 11) is 1.97. The van der Waals surface area contributed by atoms with Crippen LogP contribution in [0.15, 0.2) is 88.7 Å². The van der Waals surface area contributed by atoms with Crippen LogP contribution in [0.25, 0.3) is 6.08 Å². The monoisotopic (exact) mass is 525 g/mol. The summed E-state index contributed by atoms with van der Waals surface area (Å²) in [5.41, 5.74) is 1.51. The van der Waals surface area contributed by atoms with E-state index in [9.17, 15) is 22.8 Å². The lowest BCUT2D eigenvalue weighted by Crippen LogP contribution is -2.44. The Kier molecular flexibility index (Phi) is 8.35. The molecule has 0 aromatic heterocycles. The summed E-state index contributed by atoms with van der Waals surface area (Å²) in [6.45, 7) is 1.65. The Labute approximate surface area is 218 Å². The number of likely N-dealkylation sites (N-methyl/N-ethyl adjacent to an activating group) is 1. The third kappa shape index (κ3) is 7.02. The molecule has 1 N–H and O–H groups in total. The summed E-state index contributed by atoms with van der Waals surface area (Å²) >= 11 is 1.23. The van der Waals surface area contributed by atoms with Gasteiger partial charge in [0.05, 0.1) is 16.2 Å². The van der Waals surface area contributed by atoms with Crippen molar-refractivity contribution in [2.75, 3.05) is 31.6 Å². The third-order valence-electron chi connectivity index (χ3n) is 5.78. The Morgan fingerprint density at radius 2 is 1.68 bits per heavy atom. The molecule has 0 radical (unpaired) electrons. The highest BCUT2D eigenvalue weighted by atomic mass is 32.2. The second kappa shape index (κ2) is 11.7. The number of hydrogen-bond donors (Lipinski definition) is 1. The molecule has 0 atom stereocenters. The van der Waals surface area contributed by atoms with Crippen molar-refractivity contribution in [3.63, 3.8) is 0 Å². The number of nitrogens with zero attached hydrogens (tertiary/aromatic N) is 2. The van der Waals surface area contributed by atoms with Crippen LogP contribution in [0.4, 0.5) is 18.9 Å². The van der Waals surface area contributed by atoms with Gasteiger partial charge in [0.25, 0.3) is 5.91 Å². The molecule has 0 saturated heterocycles. The molecule has 3 aromatic carbocycles. The number of carbonyl (C=O) groups excluding carboxylic acids is 2. The number of benzene rings is 3. The summed E-state index contributed by atoms with van der Waals surface area (Å²) in [5, 5.41) is 2.88. The van der Waals surface area contributed by atoms with Crippen molar-refractivity contribution in [1.29, 1.82) is 0 Å². The van der Waals surface area contributed by atoms with E-state index >= 15 is 0 Å². The van der Waals surface area contributed by atoms with Crippen LogP contribution in [0.5, 0.6) is 0 Å². The fraction of sp³-hybridized carbons (Fsp3) is 0.214. The molecule has 9 heteroatoms. The van der Waals surface area contributed by atoms with Crippen LogP contribution in [0.2, 0.25) is 0 Å². The largest absolute Gasteiger partial charge is 0.416 e. The predicted molar refractivity (Wildman–Crippen MR) is 140 cm³/mol. The molecule has 0 spiro atoms. The SMILES string of the molecule is CN(CCNC(=O)CN1C(=O)C(=Cc2ccc(C(F)(F)F)cc2)Sc2ccccc21)Cc1ccccc1. The normalized spacial score (nSPS) is 14.7. The van der Waals surface area contributed by atoms with Gasteiger partial charge in [0.15, 0.2) is 0 Å². The first-order valence-electron chi connectivity index (χ1n) is 11.7. The highest BCUT2D eigenvalue weighted by molar-refractivity contribution is 8.04. The van der Waals surface area contributed by atoms with Crippen molar-refractivity contribution in [3.05, 3.63) is 100 Å². The summed E-state index contributed by atoms with van der Waals surface area (Å²) in [6.07, 6.45) is -2.88. The number of fused-ring (bicyclic) bond motifs is 1. The molecular formula is C28H26F3N3O2S. The van der Waals surface area contributed by atoms with Gasteiger partial charge in [-0.3, -0.25) is 14.5 Å². The van der Waals surface area contributed by atoms with Crippen LogP contribution >= 0.6 is 11.8 Å². The van der Waals surface area contributed by atoms with Gasteiger partial charge in [0, 0.05) is 24.5 Å². The summed E-state index contributed by atoms with van der Waals surface area (Å²) < 4.78 is 38.7. The fourth-order valence-electron chi connectivity index (χ4n) is 3.90. The topological polar surface area (TPSA) is 52.7 Å². The van der Waals surface area contributed by atoms with Crippen LogP contribution in [-0.2, 0) is 22.3 Å². The van der Waals surface area contributed by atoms with E-state index in [1.807, 2.05) is 49.5 Å². The van der Waals surface area contributed by atoms with Crippen molar-refractivity contribution in [2.24, 2.45) is 0 Å². The average molecular weight is 526 g/mol. The van der Waals surface area contributed by atoms with Crippen LogP contribution in [0.3, 0.4) is 0 Å². The quantitative estimate of drug-likeness (QED) is 0.399. The number of thioether (sulfide) groups is 1. The molecule has 1 aliphatic rings. The smallest absolute Gasteiger partial charge is 0.353 e. The van der Waals surface area contributed by atoms with Gasteiger partial charge in [0.1, 0.15) is 6.54 Å². The summed E-state index contributed by atoms with van der Waals surface area (Å²) in [6, 6.07) is 21.9. The van der Waals surface area contributed by atoms with Gasteiger partial charge in [-0.1, -0.05) is 66.4 Å². The average Bonchev–Trinajstić information content (AvgIpc) is 2.87. The number of rotatable bonds is 8. The Hall–Kier alpha value is -3.56. The van der Waals surface area contributed by atoms with Gasteiger partial charge in [-0.15, -0.1) is 0 Å². The molecule has 1 heterocycles. The second-order valence-electron chi connectivity index (χ2n) is 8.66. The molecule has 192 valence electrons. The lowest BCUT2D eigenvalue weighted by molar-refractivity contribution is -0.137. The fourth-order valence-corrected chi connectivity index (χ4v) is 4.96. The highest BCUT2D eigenvalue weighted by Crippen LogP contribution is 2.42. The number of anilines is 1. The number of para-hydroxylation sites is 1. The van der Waals surface area contributed by atoms with Crippen molar-refractivity contribution < 1.29 is 22.8 Å². The van der Waals surface area contributed by atoms with Crippen molar-refractivity contribution in [3.8, 4) is 0 Å². The molecule has 2 amide bonds. The number of nitrogens with one attached hydrogen (secondary N) is 1. The molecule has 5 nitrogen and oxygen atoms in total. The maximum absolute atomic E-state index is 13.3. The minimum Gasteiger partial charge on any atom is -0.353 e. The number of hydrogen-bond acceptors (Lipinski definition) is 4. The molecular weight excluding hydrogens is 499 g/mol. The Morgan fingerprint density at radius 3 is 2.38 bits per heavy atom. The first kappa shape index (κ1) is 26.5. The molecule has 0 bridgehead atoms. The molecule has 0 unspecified atom stereocenters. The van der Waals surface area contributed by atoms with E-state index < -0.39 is 11.7 Å². The Balaban J connectivity index is 1.41. The molecule has 0 saturated carbocycles. The number of halogens is 3. The van der Waals surface area contributed by atoms with E-state index in [2.05, 4.69) is 10.2 Å². The van der Waals surface area contributed by atoms with E-state index in [0.29, 0.717) is 29.2 Å². The van der Waals surface area contributed by atoms with Crippen LogP contribution in [0.1, 0.15) is 16.7 Å². The molecule has 3 aromatic rings. The van der Waals surface area contributed by atoms with Crippen LogP contribution < -0.4 is 10.2 Å². The zero-order valence-corrected chi connectivity index (χ0v) is 21.0. The molecule has 37 heavy (non-hydrogen) atoms.